The minimum atomic E-state index is 0.582. The maximum atomic E-state index is 5.48. The molecule has 1 aliphatic heterocycles. The van der Waals surface area contributed by atoms with Crippen molar-refractivity contribution < 1.29 is 4.74 Å². The summed E-state index contributed by atoms with van der Waals surface area (Å²) in [7, 11) is 0. The van der Waals surface area contributed by atoms with Crippen LogP contribution in [0.25, 0.3) is 0 Å². The first-order valence-electron chi connectivity index (χ1n) is 7.81. The summed E-state index contributed by atoms with van der Waals surface area (Å²) in [5, 5.41) is 0. The van der Waals surface area contributed by atoms with Crippen molar-refractivity contribution >= 4 is 0 Å². The molecule has 0 spiro atoms. The molecule has 0 aromatic heterocycles. The van der Waals surface area contributed by atoms with Crippen LogP contribution in [0.4, 0.5) is 0 Å². The molecule has 2 aliphatic carbocycles. The molecule has 0 aromatic carbocycles. The van der Waals surface area contributed by atoms with E-state index in [1.165, 1.54) is 70.8 Å². The van der Waals surface area contributed by atoms with E-state index in [1.807, 2.05) is 0 Å². The number of epoxide rings is 1. The van der Waals surface area contributed by atoms with E-state index in [9.17, 15) is 0 Å². The van der Waals surface area contributed by atoms with Crippen LogP contribution in [-0.4, -0.2) is 36.2 Å². The summed E-state index contributed by atoms with van der Waals surface area (Å²) in [5.41, 5.74) is 0. The molecule has 0 radical (unpaired) electrons. The third kappa shape index (κ3) is 3.23. The molecule has 17 heavy (non-hydrogen) atoms. The fraction of sp³-hybridized carbons (Fsp3) is 1.00. The summed E-state index contributed by atoms with van der Waals surface area (Å²) in [6.07, 6.45) is 15.1. The monoisotopic (exact) mass is 237 g/mol. The lowest BCUT2D eigenvalue weighted by Crippen LogP contribution is -2.47. The average Bonchev–Trinajstić information content (AvgIpc) is 3.22. The Bertz CT molecular complexity index is 209. The summed E-state index contributed by atoms with van der Waals surface area (Å²) >= 11 is 0. The number of hydrogen-bond donors (Lipinski definition) is 0. The topological polar surface area (TPSA) is 15.8 Å². The Morgan fingerprint density at radius 3 is 1.65 bits per heavy atom. The Kier molecular flexibility index (Phi) is 4.02. The second-order valence-corrected chi connectivity index (χ2v) is 6.24. The lowest BCUT2D eigenvalue weighted by atomic mass is 9.88. The highest BCUT2D eigenvalue weighted by Gasteiger charge is 2.34. The standard InChI is InChI=1S/C15H27NO/c1-3-7-13(8-4-1)16(11-15-12-17-15)14-9-5-2-6-10-14/h13-15H,1-12H2. The van der Waals surface area contributed by atoms with E-state index < -0.39 is 0 Å². The molecule has 98 valence electrons. The molecule has 0 amide bonds. The van der Waals surface area contributed by atoms with Crippen molar-refractivity contribution in [2.75, 3.05) is 13.2 Å². The third-order valence-electron chi connectivity index (χ3n) is 4.90. The zero-order valence-corrected chi connectivity index (χ0v) is 11.1. The Morgan fingerprint density at radius 1 is 0.765 bits per heavy atom. The lowest BCUT2D eigenvalue weighted by molar-refractivity contribution is 0.0731. The molecule has 2 nitrogen and oxygen atoms in total. The predicted molar refractivity (Wildman–Crippen MR) is 70.2 cm³/mol. The second kappa shape index (κ2) is 5.71. The third-order valence-corrected chi connectivity index (χ3v) is 4.90. The molecular weight excluding hydrogens is 210 g/mol. The van der Waals surface area contributed by atoms with Gasteiger partial charge in [0, 0.05) is 18.6 Å². The van der Waals surface area contributed by atoms with Crippen molar-refractivity contribution in [2.24, 2.45) is 0 Å². The first-order chi connectivity index (χ1) is 8.43. The quantitative estimate of drug-likeness (QED) is 0.697. The second-order valence-electron chi connectivity index (χ2n) is 6.24. The Hall–Kier alpha value is -0.0800. The van der Waals surface area contributed by atoms with Crippen molar-refractivity contribution in [3.63, 3.8) is 0 Å². The van der Waals surface area contributed by atoms with Gasteiger partial charge in [-0.1, -0.05) is 38.5 Å². The van der Waals surface area contributed by atoms with Crippen molar-refractivity contribution in [2.45, 2.75) is 82.4 Å². The van der Waals surface area contributed by atoms with E-state index in [0.717, 1.165) is 18.7 Å². The van der Waals surface area contributed by atoms with E-state index in [-0.39, 0.29) is 0 Å². The van der Waals surface area contributed by atoms with E-state index in [0.29, 0.717) is 6.10 Å². The molecule has 0 N–H and O–H groups in total. The van der Waals surface area contributed by atoms with Gasteiger partial charge in [-0.2, -0.15) is 0 Å². The molecule has 2 saturated carbocycles. The van der Waals surface area contributed by atoms with Crippen LogP contribution >= 0.6 is 0 Å². The van der Waals surface area contributed by atoms with Crippen molar-refractivity contribution in [1.29, 1.82) is 0 Å². The van der Waals surface area contributed by atoms with Crippen molar-refractivity contribution in [3.8, 4) is 0 Å². The molecule has 0 bridgehead atoms. The normalized spacial score (nSPS) is 31.9. The first kappa shape index (κ1) is 12.0. The number of rotatable bonds is 4. The lowest BCUT2D eigenvalue weighted by Gasteiger charge is -2.41. The molecular formula is C15H27NO. The van der Waals surface area contributed by atoms with Crippen LogP contribution in [0.3, 0.4) is 0 Å². The summed E-state index contributed by atoms with van der Waals surface area (Å²) in [6.45, 7) is 2.26. The molecule has 3 fully saturated rings. The molecule has 1 heterocycles. The number of nitrogens with zero attached hydrogens (tertiary/aromatic N) is 1. The molecule has 1 unspecified atom stereocenters. The van der Waals surface area contributed by atoms with E-state index in [2.05, 4.69) is 4.90 Å². The van der Waals surface area contributed by atoms with Gasteiger partial charge in [-0.15, -0.1) is 0 Å². The molecule has 3 aliphatic rings. The van der Waals surface area contributed by atoms with Gasteiger partial charge in [-0.05, 0) is 25.7 Å². The minimum absolute atomic E-state index is 0.582. The van der Waals surface area contributed by atoms with Crippen molar-refractivity contribution in [3.05, 3.63) is 0 Å². The van der Waals surface area contributed by atoms with Gasteiger partial charge in [0.1, 0.15) is 0 Å². The summed E-state index contributed by atoms with van der Waals surface area (Å²) in [5.74, 6) is 0. The Balaban J connectivity index is 1.61. The summed E-state index contributed by atoms with van der Waals surface area (Å²) in [4.78, 5) is 2.86. The van der Waals surface area contributed by atoms with Crippen LogP contribution < -0.4 is 0 Å². The van der Waals surface area contributed by atoms with Crippen molar-refractivity contribution in [1.82, 2.24) is 4.90 Å². The minimum Gasteiger partial charge on any atom is -0.372 e. The SMILES string of the molecule is C1CCC(N(CC2CO2)C2CCCCC2)CC1. The van der Waals surface area contributed by atoms with Crippen LogP contribution in [0, 0.1) is 0 Å². The first-order valence-corrected chi connectivity index (χ1v) is 7.81. The van der Waals surface area contributed by atoms with Gasteiger partial charge < -0.3 is 4.74 Å². The maximum Gasteiger partial charge on any atom is 0.0936 e. The van der Waals surface area contributed by atoms with Crippen LogP contribution in [0.15, 0.2) is 0 Å². The van der Waals surface area contributed by atoms with Crippen LogP contribution in [0.1, 0.15) is 64.2 Å². The smallest absolute Gasteiger partial charge is 0.0936 e. The Morgan fingerprint density at radius 2 is 1.24 bits per heavy atom. The van der Waals surface area contributed by atoms with Gasteiger partial charge in [-0.3, -0.25) is 4.90 Å². The summed E-state index contributed by atoms with van der Waals surface area (Å²) < 4.78 is 5.48. The average molecular weight is 237 g/mol. The van der Waals surface area contributed by atoms with Gasteiger partial charge in [0.15, 0.2) is 0 Å². The summed E-state index contributed by atoms with van der Waals surface area (Å²) in [6, 6.07) is 1.77. The predicted octanol–water partition coefficient (Wildman–Crippen LogP) is 3.35. The highest BCUT2D eigenvalue weighted by atomic mass is 16.6. The number of ether oxygens (including phenoxy) is 1. The zero-order chi connectivity index (χ0) is 11.5. The maximum absolute atomic E-state index is 5.48. The van der Waals surface area contributed by atoms with E-state index in [4.69, 9.17) is 4.74 Å². The molecule has 0 aromatic rings. The molecule has 1 atom stereocenters. The fourth-order valence-electron chi connectivity index (χ4n) is 3.83. The van der Waals surface area contributed by atoms with Gasteiger partial charge in [0.25, 0.3) is 0 Å². The Labute approximate surface area is 106 Å². The highest BCUT2D eigenvalue weighted by molar-refractivity contribution is 4.87. The van der Waals surface area contributed by atoms with Crippen LogP contribution in [-0.2, 0) is 4.74 Å². The van der Waals surface area contributed by atoms with Gasteiger partial charge in [-0.25, -0.2) is 0 Å². The fourth-order valence-corrected chi connectivity index (χ4v) is 3.83. The van der Waals surface area contributed by atoms with Gasteiger partial charge >= 0.3 is 0 Å². The van der Waals surface area contributed by atoms with Gasteiger partial charge in [0.05, 0.1) is 12.7 Å². The number of hydrogen-bond acceptors (Lipinski definition) is 2. The van der Waals surface area contributed by atoms with Crippen LogP contribution in [0.5, 0.6) is 0 Å². The van der Waals surface area contributed by atoms with Crippen LogP contribution in [0.2, 0.25) is 0 Å². The van der Waals surface area contributed by atoms with E-state index >= 15 is 0 Å². The largest absolute Gasteiger partial charge is 0.372 e. The molecule has 1 saturated heterocycles. The molecule has 2 heteroatoms. The highest BCUT2D eigenvalue weighted by Crippen LogP contribution is 2.31. The van der Waals surface area contributed by atoms with E-state index in [1.54, 1.807) is 0 Å². The van der Waals surface area contributed by atoms with Gasteiger partial charge in [0.2, 0.25) is 0 Å². The zero-order valence-electron chi connectivity index (χ0n) is 11.1. The molecule has 3 rings (SSSR count).